The maximum atomic E-state index is 12.5. The number of aryl methyl sites for hydroxylation is 1. The number of benzene rings is 2. The smallest absolute Gasteiger partial charge is 0.416 e. The molecule has 0 spiro atoms. The van der Waals surface area contributed by atoms with E-state index in [4.69, 9.17) is 9.26 Å². The minimum absolute atomic E-state index is 0.104. The maximum absolute atomic E-state index is 12.5. The standard InChI is InChI=1S/C17H13F3N2O2/c1-11-2-8-14(9-3-11)23-10-15-21-16(24-22-15)12-4-6-13(7-5-12)17(18,19)20/h2-9H,10H2,1H3. The van der Waals surface area contributed by atoms with Crippen molar-refractivity contribution < 1.29 is 22.4 Å². The fraction of sp³-hybridized carbons (Fsp3) is 0.176. The van der Waals surface area contributed by atoms with Gasteiger partial charge in [-0.25, -0.2) is 0 Å². The molecule has 3 aromatic rings. The van der Waals surface area contributed by atoms with E-state index in [9.17, 15) is 13.2 Å². The summed E-state index contributed by atoms with van der Waals surface area (Å²) in [6.07, 6.45) is -4.37. The average molecular weight is 334 g/mol. The minimum Gasteiger partial charge on any atom is -0.485 e. The molecule has 0 saturated carbocycles. The lowest BCUT2D eigenvalue weighted by molar-refractivity contribution is -0.137. The molecule has 0 aliphatic rings. The Bertz CT molecular complexity index is 809. The highest BCUT2D eigenvalue weighted by Gasteiger charge is 2.30. The van der Waals surface area contributed by atoms with Crippen molar-refractivity contribution in [1.82, 2.24) is 10.1 Å². The number of nitrogens with zero attached hydrogens (tertiary/aromatic N) is 2. The number of rotatable bonds is 4. The van der Waals surface area contributed by atoms with E-state index in [-0.39, 0.29) is 12.5 Å². The molecule has 1 aromatic heterocycles. The van der Waals surface area contributed by atoms with Crippen molar-refractivity contribution in [2.24, 2.45) is 0 Å². The molecule has 0 radical (unpaired) electrons. The van der Waals surface area contributed by atoms with E-state index in [0.29, 0.717) is 17.1 Å². The number of hydrogen-bond donors (Lipinski definition) is 0. The Morgan fingerprint density at radius 1 is 1.00 bits per heavy atom. The summed E-state index contributed by atoms with van der Waals surface area (Å²) in [6, 6.07) is 12.0. The van der Waals surface area contributed by atoms with Crippen LogP contribution in [0.5, 0.6) is 5.75 Å². The molecule has 0 amide bonds. The fourth-order valence-electron chi connectivity index (χ4n) is 2.01. The van der Waals surface area contributed by atoms with Gasteiger partial charge in [-0.2, -0.15) is 18.2 Å². The van der Waals surface area contributed by atoms with Crippen LogP contribution in [0, 0.1) is 6.92 Å². The molecule has 0 unspecified atom stereocenters. The Hall–Kier alpha value is -2.83. The van der Waals surface area contributed by atoms with Gasteiger partial charge in [0.2, 0.25) is 5.82 Å². The van der Waals surface area contributed by atoms with Gasteiger partial charge in [-0.1, -0.05) is 22.9 Å². The largest absolute Gasteiger partial charge is 0.485 e. The number of ether oxygens (including phenoxy) is 1. The summed E-state index contributed by atoms with van der Waals surface area (Å²) in [7, 11) is 0. The molecule has 0 N–H and O–H groups in total. The van der Waals surface area contributed by atoms with Gasteiger partial charge in [0.05, 0.1) is 5.56 Å². The first-order valence-electron chi connectivity index (χ1n) is 7.11. The van der Waals surface area contributed by atoms with E-state index in [0.717, 1.165) is 17.7 Å². The Balaban J connectivity index is 1.68. The number of hydrogen-bond acceptors (Lipinski definition) is 4. The van der Waals surface area contributed by atoms with Gasteiger partial charge in [-0.3, -0.25) is 0 Å². The Labute approximate surface area is 135 Å². The molecule has 7 heteroatoms. The molecule has 3 rings (SSSR count). The number of aromatic nitrogens is 2. The monoisotopic (exact) mass is 334 g/mol. The summed E-state index contributed by atoms with van der Waals surface area (Å²) in [4.78, 5) is 4.12. The van der Waals surface area contributed by atoms with E-state index in [2.05, 4.69) is 10.1 Å². The van der Waals surface area contributed by atoms with Crippen molar-refractivity contribution in [2.45, 2.75) is 19.7 Å². The van der Waals surface area contributed by atoms with E-state index in [1.54, 1.807) is 0 Å². The molecule has 0 fully saturated rings. The third kappa shape index (κ3) is 3.73. The number of halogens is 3. The van der Waals surface area contributed by atoms with Crippen molar-refractivity contribution in [1.29, 1.82) is 0 Å². The lowest BCUT2D eigenvalue weighted by Gasteiger charge is -2.05. The van der Waals surface area contributed by atoms with Crippen molar-refractivity contribution in [3.8, 4) is 17.2 Å². The summed E-state index contributed by atoms with van der Waals surface area (Å²) < 4.78 is 48.2. The molecular weight excluding hydrogens is 321 g/mol. The lowest BCUT2D eigenvalue weighted by atomic mass is 10.1. The molecule has 1 heterocycles. The highest BCUT2D eigenvalue weighted by atomic mass is 19.4. The van der Waals surface area contributed by atoms with Crippen molar-refractivity contribution in [3.63, 3.8) is 0 Å². The zero-order valence-corrected chi connectivity index (χ0v) is 12.7. The first-order valence-corrected chi connectivity index (χ1v) is 7.11. The van der Waals surface area contributed by atoms with Crippen LogP contribution in [0.3, 0.4) is 0 Å². The van der Waals surface area contributed by atoms with Gasteiger partial charge >= 0.3 is 6.18 Å². The Kier molecular flexibility index (Phi) is 4.24. The van der Waals surface area contributed by atoms with E-state index >= 15 is 0 Å². The molecule has 24 heavy (non-hydrogen) atoms. The Morgan fingerprint density at radius 2 is 1.67 bits per heavy atom. The van der Waals surface area contributed by atoms with E-state index < -0.39 is 11.7 Å². The van der Waals surface area contributed by atoms with E-state index in [1.165, 1.54) is 12.1 Å². The van der Waals surface area contributed by atoms with Crippen LogP contribution >= 0.6 is 0 Å². The predicted molar refractivity (Wildman–Crippen MR) is 80.2 cm³/mol. The second-order valence-corrected chi connectivity index (χ2v) is 5.19. The summed E-state index contributed by atoms with van der Waals surface area (Å²) in [5.41, 5.74) is 0.803. The third-order valence-corrected chi connectivity index (χ3v) is 3.32. The van der Waals surface area contributed by atoms with Crippen LogP contribution < -0.4 is 4.74 Å². The summed E-state index contributed by atoms with van der Waals surface area (Å²) in [5.74, 6) is 1.12. The first-order chi connectivity index (χ1) is 11.4. The fourth-order valence-corrected chi connectivity index (χ4v) is 2.01. The molecule has 0 aliphatic heterocycles. The molecular formula is C17H13F3N2O2. The van der Waals surface area contributed by atoms with Crippen LogP contribution in [0.25, 0.3) is 11.5 Å². The van der Waals surface area contributed by atoms with Gasteiger partial charge in [0, 0.05) is 5.56 Å². The van der Waals surface area contributed by atoms with Crippen LogP contribution in [0.15, 0.2) is 53.1 Å². The van der Waals surface area contributed by atoms with Gasteiger partial charge in [-0.15, -0.1) is 0 Å². The van der Waals surface area contributed by atoms with Crippen LogP contribution in [0.4, 0.5) is 13.2 Å². The number of alkyl halides is 3. The van der Waals surface area contributed by atoms with E-state index in [1.807, 2.05) is 31.2 Å². The maximum Gasteiger partial charge on any atom is 0.416 e. The normalized spacial score (nSPS) is 11.5. The Morgan fingerprint density at radius 3 is 2.29 bits per heavy atom. The highest BCUT2D eigenvalue weighted by Crippen LogP contribution is 2.30. The zero-order chi connectivity index (χ0) is 17.2. The van der Waals surface area contributed by atoms with Gasteiger partial charge in [0.25, 0.3) is 5.89 Å². The quantitative estimate of drug-likeness (QED) is 0.697. The minimum atomic E-state index is -4.37. The zero-order valence-electron chi connectivity index (χ0n) is 12.7. The summed E-state index contributed by atoms with van der Waals surface area (Å²) in [5, 5.41) is 3.76. The molecule has 2 aromatic carbocycles. The van der Waals surface area contributed by atoms with Crippen molar-refractivity contribution in [2.75, 3.05) is 0 Å². The summed E-state index contributed by atoms with van der Waals surface area (Å²) >= 11 is 0. The topological polar surface area (TPSA) is 48.2 Å². The molecule has 0 bridgehead atoms. The second-order valence-electron chi connectivity index (χ2n) is 5.19. The molecule has 4 nitrogen and oxygen atoms in total. The summed E-state index contributed by atoms with van der Waals surface area (Å²) in [6.45, 7) is 2.08. The molecule has 124 valence electrons. The lowest BCUT2D eigenvalue weighted by Crippen LogP contribution is -2.04. The van der Waals surface area contributed by atoms with Crippen LogP contribution in [0.1, 0.15) is 17.0 Å². The van der Waals surface area contributed by atoms with Crippen LogP contribution in [0.2, 0.25) is 0 Å². The first kappa shape index (κ1) is 16.0. The molecule has 0 aliphatic carbocycles. The van der Waals surface area contributed by atoms with Gasteiger partial charge in [0.1, 0.15) is 5.75 Å². The van der Waals surface area contributed by atoms with Gasteiger partial charge in [-0.05, 0) is 43.3 Å². The highest BCUT2D eigenvalue weighted by molar-refractivity contribution is 5.53. The predicted octanol–water partition coefficient (Wildman–Crippen LogP) is 4.64. The van der Waals surface area contributed by atoms with Crippen molar-refractivity contribution in [3.05, 3.63) is 65.5 Å². The average Bonchev–Trinajstić information content (AvgIpc) is 3.03. The second kappa shape index (κ2) is 6.35. The van der Waals surface area contributed by atoms with Crippen LogP contribution in [-0.4, -0.2) is 10.1 Å². The molecule has 0 atom stereocenters. The third-order valence-electron chi connectivity index (χ3n) is 3.32. The van der Waals surface area contributed by atoms with Gasteiger partial charge in [0.15, 0.2) is 6.61 Å². The SMILES string of the molecule is Cc1ccc(OCc2noc(-c3ccc(C(F)(F)F)cc3)n2)cc1. The van der Waals surface area contributed by atoms with Gasteiger partial charge < -0.3 is 9.26 Å². The van der Waals surface area contributed by atoms with Crippen LogP contribution in [-0.2, 0) is 12.8 Å². The molecule has 0 saturated heterocycles. The van der Waals surface area contributed by atoms with Crippen molar-refractivity contribution >= 4 is 0 Å².